The quantitative estimate of drug-likeness (QED) is 0.351. The van der Waals surface area contributed by atoms with Gasteiger partial charge in [0.1, 0.15) is 16.7 Å². The highest BCUT2D eigenvalue weighted by atomic mass is 35.5. The van der Waals surface area contributed by atoms with E-state index in [-0.39, 0.29) is 40.7 Å². The summed E-state index contributed by atoms with van der Waals surface area (Å²) >= 11 is 6.48. The zero-order chi connectivity index (χ0) is 34.9. The summed E-state index contributed by atoms with van der Waals surface area (Å²) in [6, 6.07) is 12.2. The summed E-state index contributed by atoms with van der Waals surface area (Å²) in [6.07, 6.45) is 6.88. The van der Waals surface area contributed by atoms with Crippen LogP contribution in [0.5, 0.6) is 5.75 Å². The molecule has 49 heavy (non-hydrogen) atoms. The third-order valence-corrected chi connectivity index (χ3v) is 13.8. The molecule has 0 spiro atoms. The van der Waals surface area contributed by atoms with Gasteiger partial charge in [0.2, 0.25) is 0 Å². The van der Waals surface area contributed by atoms with Gasteiger partial charge in [-0.2, -0.15) is 0 Å². The second-order valence-electron chi connectivity index (χ2n) is 15.6. The number of hydrogen-bond acceptors (Lipinski definition) is 7. The van der Waals surface area contributed by atoms with Crippen molar-refractivity contribution in [3.8, 4) is 5.75 Å². The lowest BCUT2D eigenvalue weighted by Gasteiger charge is -2.54. The van der Waals surface area contributed by atoms with Gasteiger partial charge in [0.15, 0.2) is 6.29 Å². The molecule has 1 amide bonds. The summed E-state index contributed by atoms with van der Waals surface area (Å²) < 4.78 is 36.0. The van der Waals surface area contributed by atoms with Crippen LogP contribution >= 0.6 is 11.6 Å². The first kappa shape index (κ1) is 36.6. The highest BCUT2D eigenvalue weighted by Crippen LogP contribution is 2.53. The van der Waals surface area contributed by atoms with Gasteiger partial charge in [-0.3, -0.25) is 9.52 Å². The van der Waals surface area contributed by atoms with E-state index in [1.54, 1.807) is 6.07 Å². The number of rotatable bonds is 5. The van der Waals surface area contributed by atoms with E-state index in [0.717, 1.165) is 74.5 Å². The minimum atomic E-state index is -1.51. The Kier molecular flexibility index (Phi) is 11.7. The van der Waals surface area contributed by atoms with Crippen LogP contribution in [0.3, 0.4) is 0 Å². The summed E-state index contributed by atoms with van der Waals surface area (Å²) in [7, 11) is 2.65. The molecule has 1 saturated heterocycles. The van der Waals surface area contributed by atoms with Gasteiger partial charge >= 0.3 is 0 Å². The molecule has 1 aliphatic carbocycles. The van der Waals surface area contributed by atoms with Crippen molar-refractivity contribution < 1.29 is 23.2 Å². The topological polar surface area (TPSA) is 80.3 Å². The maximum absolute atomic E-state index is 13.5. The Hall–Kier alpha value is -2.17. The third-order valence-electron chi connectivity index (χ3n) is 12.1. The van der Waals surface area contributed by atoms with Crippen LogP contribution in [0.2, 0.25) is 5.02 Å². The Labute approximate surface area is 301 Å². The number of fused-ring (bicyclic) bond motifs is 2. The number of ether oxygens (including phenoxy) is 3. The van der Waals surface area contributed by atoms with Crippen molar-refractivity contribution in [2.24, 2.45) is 23.2 Å². The van der Waals surface area contributed by atoms with Gasteiger partial charge in [-0.1, -0.05) is 51.3 Å². The van der Waals surface area contributed by atoms with Crippen molar-refractivity contribution in [3.05, 3.63) is 58.1 Å². The zero-order valence-corrected chi connectivity index (χ0v) is 31.8. The number of anilines is 1. The Morgan fingerprint density at radius 1 is 1.04 bits per heavy atom. The molecule has 8 nitrogen and oxygen atoms in total. The summed E-state index contributed by atoms with van der Waals surface area (Å²) in [4.78, 5) is 18.2. The Bertz CT molecular complexity index is 1500. The van der Waals surface area contributed by atoms with Crippen LogP contribution in [0.1, 0.15) is 93.6 Å². The molecule has 2 fully saturated rings. The lowest BCUT2D eigenvalue weighted by atomic mass is 9.57. The number of carbonyl (C=O) groups is 1. The average Bonchev–Trinajstić information content (AvgIpc) is 3.25. The zero-order valence-electron chi connectivity index (χ0n) is 30.2. The fourth-order valence-corrected chi connectivity index (χ4v) is 9.78. The summed E-state index contributed by atoms with van der Waals surface area (Å²) in [5, 5.41) is 0.577. The van der Waals surface area contributed by atoms with Gasteiger partial charge in [-0.05, 0) is 112 Å². The second-order valence-corrected chi connectivity index (χ2v) is 17.5. The lowest BCUT2D eigenvalue weighted by Crippen LogP contribution is -2.55. The van der Waals surface area contributed by atoms with Crippen LogP contribution in [-0.2, 0) is 26.9 Å². The molecule has 10 heteroatoms. The van der Waals surface area contributed by atoms with Crippen molar-refractivity contribution in [2.75, 3.05) is 51.9 Å². The number of amides is 1. The number of nitrogens with one attached hydrogen (secondary N) is 1. The number of hydrogen-bond donors (Lipinski definition) is 1. The van der Waals surface area contributed by atoms with Crippen LogP contribution < -0.4 is 14.4 Å². The van der Waals surface area contributed by atoms with E-state index < -0.39 is 11.0 Å². The molecule has 6 rings (SSSR count). The van der Waals surface area contributed by atoms with Gasteiger partial charge in [0.05, 0.1) is 36.8 Å². The molecule has 0 aromatic heterocycles. The number of aryl methyl sites for hydroxylation is 1. The molecule has 270 valence electrons. The normalized spacial score (nSPS) is 34.3. The Balaban J connectivity index is 1.37. The Morgan fingerprint density at radius 2 is 1.82 bits per heavy atom. The van der Waals surface area contributed by atoms with E-state index in [1.165, 1.54) is 11.1 Å². The summed E-state index contributed by atoms with van der Waals surface area (Å²) in [6.45, 7) is 12.2. The van der Waals surface area contributed by atoms with Crippen LogP contribution in [0, 0.1) is 23.2 Å². The molecular weight excluding hydrogens is 658 g/mol. The minimum Gasteiger partial charge on any atom is -0.491 e. The largest absolute Gasteiger partial charge is 0.491 e. The maximum atomic E-state index is 13.5. The second kappa shape index (κ2) is 15.6. The predicted molar refractivity (Wildman–Crippen MR) is 198 cm³/mol. The molecule has 2 bridgehead atoms. The predicted octanol–water partition coefficient (Wildman–Crippen LogP) is 7.21. The molecule has 1 saturated carbocycles. The lowest BCUT2D eigenvalue weighted by molar-refractivity contribution is -0.272. The molecule has 3 heterocycles. The summed E-state index contributed by atoms with van der Waals surface area (Å²) in [5.41, 5.74) is 3.80. The molecule has 1 N–H and O–H groups in total. The highest BCUT2D eigenvalue weighted by molar-refractivity contribution is 7.84. The van der Waals surface area contributed by atoms with Crippen molar-refractivity contribution in [1.82, 2.24) is 9.62 Å². The maximum Gasteiger partial charge on any atom is 0.263 e. The first-order valence-corrected chi connectivity index (χ1v) is 20.0. The third kappa shape index (κ3) is 7.86. The monoisotopic (exact) mass is 713 g/mol. The van der Waals surface area contributed by atoms with Gasteiger partial charge in [0, 0.05) is 35.0 Å². The molecule has 0 radical (unpaired) electrons. The van der Waals surface area contributed by atoms with Crippen LogP contribution in [0.25, 0.3) is 0 Å². The first-order valence-electron chi connectivity index (χ1n) is 18.4. The summed E-state index contributed by atoms with van der Waals surface area (Å²) in [5.74, 6) is 1.63. The van der Waals surface area contributed by atoms with Gasteiger partial charge < -0.3 is 24.0 Å². The molecule has 2 aromatic rings. The van der Waals surface area contributed by atoms with E-state index in [9.17, 15) is 9.00 Å². The van der Waals surface area contributed by atoms with Gasteiger partial charge in [-0.25, -0.2) is 4.21 Å². The molecule has 7 atom stereocenters. The van der Waals surface area contributed by atoms with Gasteiger partial charge in [-0.15, -0.1) is 0 Å². The van der Waals surface area contributed by atoms with E-state index in [1.807, 2.05) is 25.1 Å². The number of halogens is 1. The van der Waals surface area contributed by atoms with Crippen LogP contribution in [0.4, 0.5) is 5.69 Å². The number of nitrogens with zero attached hydrogens (tertiary/aromatic N) is 2. The fourth-order valence-electron chi connectivity index (χ4n) is 8.54. The minimum absolute atomic E-state index is 0.127. The van der Waals surface area contributed by atoms with Crippen LogP contribution in [0.15, 0.2) is 36.4 Å². The molecule has 6 unspecified atom stereocenters. The number of benzene rings is 2. The number of likely N-dealkylation sites (N-methyl/N-ethyl adjacent to an activating group) is 1. The SMILES string of the molecule is CCCc1cc(Cl)ccc1C1COc2ccc3cc2N(C1)CC1CCC1[C@@](C)(C1OCC(N(C)C)CO1)CCCC(C)C(C)S(=O)NC3=O. The molecule has 2 aromatic carbocycles. The smallest absolute Gasteiger partial charge is 0.263 e. The van der Waals surface area contributed by atoms with E-state index >= 15 is 0 Å². The fraction of sp³-hybridized carbons (Fsp3) is 0.667. The first-order chi connectivity index (χ1) is 23.5. The molecule has 3 aliphatic heterocycles. The average molecular weight is 714 g/mol. The van der Waals surface area contributed by atoms with Crippen molar-refractivity contribution >= 4 is 34.2 Å². The Morgan fingerprint density at radius 3 is 2.51 bits per heavy atom. The standard InChI is InChI=1S/C39H56ClN3O5S/c1-7-9-27-18-31(40)13-14-33(27)30-21-43-20-29-11-15-34(29)39(4,38-47-23-32(24-48-38)42(5)6)17-8-10-25(2)26(3)49(45)41-37(44)28-12-16-36(46-22-30)35(43)19-28/h12-14,16,18-19,25-26,29-30,32,34,38H,7-11,15,17,20-24H2,1-6H3,(H,41,44)/t25?,26?,29?,30?,32?,34?,38?,39-,49?/m0/s1. The van der Waals surface area contributed by atoms with Crippen molar-refractivity contribution in [2.45, 2.75) is 96.1 Å². The van der Waals surface area contributed by atoms with E-state index in [4.69, 9.17) is 25.8 Å². The van der Waals surface area contributed by atoms with Crippen molar-refractivity contribution in [3.63, 3.8) is 0 Å². The highest BCUT2D eigenvalue weighted by Gasteiger charge is 2.51. The van der Waals surface area contributed by atoms with Gasteiger partial charge in [0.25, 0.3) is 5.91 Å². The van der Waals surface area contributed by atoms with Crippen LogP contribution in [-0.4, -0.2) is 79.6 Å². The number of carbonyl (C=O) groups excluding carboxylic acids is 1. The van der Waals surface area contributed by atoms with E-state index in [2.05, 4.69) is 61.5 Å². The van der Waals surface area contributed by atoms with Crippen molar-refractivity contribution in [1.29, 1.82) is 0 Å². The molecule has 4 aliphatic rings. The van der Waals surface area contributed by atoms with E-state index in [0.29, 0.717) is 37.2 Å². The molecular formula is C39H56ClN3O5S.